The van der Waals surface area contributed by atoms with E-state index in [0.717, 1.165) is 44.8 Å². The molecule has 0 N–H and O–H groups in total. The van der Waals surface area contributed by atoms with Crippen LogP contribution in [0.5, 0.6) is 0 Å². The van der Waals surface area contributed by atoms with Gasteiger partial charge in [0.05, 0.1) is 12.6 Å². The topological polar surface area (TPSA) is 23.6 Å². The Kier molecular flexibility index (Phi) is 4.74. The predicted octanol–water partition coefficient (Wildman–Crippen LogP) is 4.02. The van der Waals surface area contributed by atoms with E-state index in [1.165, 1.54) is 15.3 Å². The van der Waals surface area contributed by atoms with Crippen molar-refractivity contribution in [3.8, 4) is 0 Å². The Labute approximate surface area is 151 Å². The fourth-order valence-electron chi connectivity index (χ4n) is 3.85. The van der Waals surface area contributed by atoms with E-state index in [0.29, 0.717) is 12.5 Å². The number of amides is 1. The molecule has 128 valence electrons. The number of hydrogen-bond donors (Lipinski definition) is 0. The first-order chi connectivity index (χ1) is 11.7. The van der Waals surface area contributed by atoms with Crippen molar-refractivity contribution in [3.63, 3.8) is 0 Å². The molecule has 0 aromatic carbocycles. The highest BCUT2D eigenvalue weighted by molar-refractivity contribution is 7.10. The maximum Gasteiger partial charge on any atom is 0.236 e. The minimum atomic E-state index is 0.257. The van der Waals surface area contributed by atoms with Gasteiger partial charge in [0.25, 0.3) is 0 Å². The molecular weight excluding hydrogens is 336 g/mol. The lowest BCUT2D eigenvalue weighted by molar-refractivity contribution is -0.134. The summed E-state index contributed by atoms with van der Waals surface area (Å²) in [6.45, 7) is 5.68. The van der Waals surface area contributed by atoms with E-state index in [2.05, 4.69) is 45.7 Å². The van der Waals surface area contributed by atoms with E-state index in [1.807, 2.05) is 11.3 Å². The van der Waals surface area contributed by atoms with Gasteiger partial charge in [-0.05, 0) is 53.6 Å². The third-order valence-electron chi connectivity index (χ3n) is 5.35. The Hall–Kier alpha value is -1.17. The highest BCUT2D eigenvalue weighted by atomic mass is 32.1. The molecule has 0 bridgehead atoms. The minimum Gasteiger partial charge on any atom is -0.342 e. The lowest BCUT2D eigenvalue weighted by atomic mass is 9.97. The fourth-order valence-corrected chi connectivity index (χ4v) is 5.63. The van der Waals surface area contributed by atoms with Crippen molar-refractivity contribution in [3.05, 3.63) is 44.3 Å². The third kappa shape index (κ3) is 3.17. The average molecular weight is 361 g/mol. The smallest absolute Gasteiger partial charge is 0.236 e. The summed E-state index contributed by atoms with van der Waals surface area (Å²) in [6.07, 6.45) is 3.36. The number of carbonyl (C=O) groups is 1. The van der Waals surface area contributed by atoms with Crippen molar-refractivity contribution in [2.75, 3.05) is 26.2 Å². The summed E-state index contributed by atoms with van der Waals surface area (Å²) < 4.78 is 0. The second-order valence-electron chi connectivity index (χ2n) is 7.00. The van der Waals surface area contributed by atoms with Crippen LogP contribution in [0.3, 0.4) is 0 Å². The van der Waals surface area contributed by atoms with Gasteiger partial charge in [0, 0.05) is 29.4 Å². The maximum absolute atomic E-state index is 12.8. The van der Waals surface area contributed by atoms with Crippen molar-refractivity contribution < 1.29 is 4.79 Å². The van der Waals surface area contributed by atoms with Gasteiger partial charge >= 0.3 is 0 Å². The molecule has 2 aliphatic rings. The van der Waals surface area contributed by atoms with Crippen LogP contribution in [-0.2, 0) is 11.2 Å². The van der Waals surface area contributed by atoms with E-state index in [1.54, 1.807) is 11.3 Å². The lowest BCUT2D eigenvalue weighted by Gasteiger charge is -2.37. The zero-order chi connectivity index (χ0) is 16.5. The summed E-state index contributed by atoms with van der Waals surface area (Å²) in [5.74, 6) is 1.07. The fraction of sp³-hybridized carbons (Fsp3) is 0.526. The lowest BCUT2D eigenvalue weighted by Crippen LogP contribution is -2.46. The molecule has 0 radical (unpaired) electrons. The number of rotatable bonds is 3. The van der Waals surface area contributed by atoms with Crippen LogP contribution in [0, 0.1) is 5.92 Å². The first-order valence-corrected chi connectivity index (χ1v) is 10.6. The van der Waals surface area contributed by atoms with Gasteiger partial charge in [-0.2, -0.15) is 0 Å². The van der Waals surface area contributed by atoms with Gasteiger partial charge < -0.3 is 4.90 Å². The summed E-state index contributed by atoms with van der Waals surface area (Å²) in [5.41, 5.74) is 1.41. The van der Waals surface area contributed by atoms with Crippen LogP contribution in [0.25, 0.3) is 0 Å². The van der Waals surface area contributed by atoms with Crippen LogP contribution in [-0.4, -0.2) is 41.9 Å². The first-order valence-electron chi connectivity index (χ1n) is 8.84. The van der Waals surface area contributed by atoms with E-state index in [4.69, 9.17) is 0 Å². The summed E-state index contributed by atoms with van der Waals surface area (Å²) in [7, 11) is 0. The monoisotopic (exact) mass is 360 g/mol. The predicted molar refractivity (Wildman–Crippen MR) is 101 cm³/mol. The van der Waals surface area contributed by atoms with E-state index in [-0.39, 0.29) is 6.04 Å². The van der Waals surface area contributed by atoms with E-state index < -0.39 is 0 Å². The SMILES string of the molecule is CC1CCN(C(=O)CN2CCc3sccc3[C@@H]2c2cccs2)CC1. The Morgan fingerprint density at radius 1 is 1.17 bits per heavy atom. The molecule has 5 heteroatoms. The molecule has 0 saturated carbocycles. The van der Waals surface area contributed by atoms with Crippen molar-refractivity contribution in [2.45, 2.75) is 32.2 Å². The van der Waals surface area contributed by atoms with Gasteiger partial charge in [0.1, 0.15) is 0 Å². The number of piperidine rings is 1. The molecule has 4 rings (SSSR count). The highest BCUT2D eigenvalue weighted by Gasteiger charge is 2.32. The van der Waals surface area contributed by atoms with E-state index >= 15 is 0 Å². The van der Waals surface area contributed by atoms with Crippen molar-refractivity contribution >= 4 is 28.6 Å². The molecule has 1 saturated heterocycles. The summed E-state index contributed by atoms with van der Waals surface area (Å²) in [6, 6.07) is 6.84. The Morgan fingerprint density at radius 3 is 2.75 bits per heavy atom. The summed E-state index contributed by atoms with van der Waals surface area (Å²) in [5, 5.41) is 4.34. The molecule has 0 unspecified atom stereocenters. The van der Waals surface area contributed by atoms with Crippen LogP contribution in [0.1, 0.15) is 41.1 Å². The number of thiophene rings is 2. The quantitative estimate of drug-likeness (QED) is 0.825. The number of carbonyl (C=O) groups excluding carboxylic acids is 1. The minimum absolute atomic E-state index is 0.257. The van der Waals surface area contributed by atoms with Crippen LogP contribution < -0.4 is 0 Å². The van der Waals surface area contributed by atoms with Crippen LogP contribution in [0.2, 0.25) is 0 Å². The maximum atomic E-state index is 12.8. The average Bonchev–Trinajstić information content (AvgIpc) is 3.26. The van der Waals surface area contributed by atoms with Gasteiger partial charge in [-0.3, -0.25) is 9.69 Å². The van der Waals surface area contributed by atoms with Gasteiger partial charge in [-0.1, -0.05) is 13.0 Å². The number of hydrogen-bond acceptors (Lipinski definition) is 4. The molecule has 2 aliphatic heterocycles. The normalized spacial score (nSPS) is 22.5. The molecule has 0 aliphatic carbocycles. The van der Waals surface area contributed by atoms with E-state index in [9.17, 15) is 4.79 Å². The molecule has 4 heterocycles. The molecule has 0 spiro atoms. The molecule has 2 aromatic heterocycles. The second kappa shape index (κ2) is 6.98. The molecule has 1 amide bonds. The Morgan fingerprint density at radius 2 is 2.00 bits per heavy atom. The van der Waals surface area contributed by atoms with Gasteiger partial charge in [0.2, 0.25) is 5.91 Å². The number of fused-ring (bicyclic) bond motifs is 1. The number of nitrogens with zero attached hydrogens (tertiary/aromatic N) is 2. The van der Waals surface area contributed by atoms with Crippen molar-refractivity contribution in [2.24, 2.45) is 5.92 Å². The molecule has 2 aromatic rings. The summed E-state index contributed by atoms with van der Waals surface area (Å²) >= 11 is 3.66. The van der Waals surface area contributed by atoms with Crippen LogP contribution in [0.4, 0.5) is 0 Å². The molecular formula is C19H24N2OS2. The van der Waals surface area contributed by atoms with Crippen LogP contribution in [0.15, 0.2) is 29.0 Å². The van der Waals surface area contributed by atoms with Crippen molar-refractivity contribution in [1.29, 1.82) is 0 Å². The molecule has 3 nitrogen and oxygen atoms in total. The standard InChI is InChI=1S/C19H24N2OS2/c1-14-4-8-20(9-5-14)18(22)13-21-10-6-16-15(7-12-24-16)19(21)17-3-2-11-23-17/h2-3,7,11-12,14,19H,4-6,8-10,13H2,1H3/t19-/m1/s1. The van der Waals surface area contributed by atoms with Gasteiger partial charge in [0.15, 0.2) is 0 Å². The zero-order valence-corrected chi connectivity index (χ0v) is 15.7. The van der Waals surface area contributed by atoms with Crippen LogP contribution >= 0.6 is 22.7 Å². The number of likely N-dealkylation sites (tertiary alicyclic amines) is 1. The van der Waals surface area contributed by atoms with Gasteiger partial charge in [-0.15, -0.1) is 22.7 Å². The van der Waals surface area contributed by atoms with Crippen molar-refractivity contribution in [1.82, 2.24) is 9.80 Å². The molecule has 1 atom stereocenters. The first kappa shape index (κ1) is 16.3. The highest BCUT2D eigenvalue weighted by Crippen LogP contribution is 2.39. The second-order valence-corrected chi connectivity index (χ2v) is 8.98. The molecule has 24 heavy (non-hydrogen) atoms. The molecule has 1 fully saturated rings. The summed E-state index contributed by atoms with van der Waals surface area (Å²) in [4.78, 5) is 20.1. The largest absolute Gasteiger partial charge is 0.342 e. The third-order valence-corrected chi connectivity index (χ3v) is 7.27. The Bertz CT molecular complexity index is 686. The zero-order valence-electron chi connectivity index (χ0n) is 14.1. The Balaban J connectivity index is 1.52. The van der Waals surface area contributed by atoms with Gasteiger partial charge in [-0.25, -0.2) is 0 Å².